The lowest BCUT2D eigenvalue weighted by Gasteiger charge is -2.16. The number of ether oxygens (including phenoxy) is 2. The first-order valence-electron chi connectivity index (χ1n) is 6.85. The van der Waals surface area contributed by atoms with E-state index < -0.39 is 0 Å². The van der Waals surface area contributed by atoms with Crippen LogP contribution in [0.25, 0.3) is 0 Å². The molecule has 1 aliphatic heterocycles. The molecule has 1 aromatic carbocycles. The van der Waals surface area contributed by atoms with Gasteiger partial charge in [-0.2, -0.15) is 0 Å². The maximum Gasteiger partial charge on any atom is 0.220 e. The summed E-state index contributed by atoms with van der Waals surface area (Å²) >= 11 is 0. The second kappa shape index (κ2) is 7.26. The molecule has 0 spiro atoms. The third-order valence-electron chi connectivity index (χ3n) is 3.58. The Kier molecular flexibility index (Phi) is 5.38. The van der Waals surface area contributed by atoms with Gasteiger partial charge in [0.1, 0.15) is 0 Å². The SMILES string of the molecule is COCC(CNC(=O)CC1CNc2ccccc21)OC. The van der Waals surface area contributed by atoms with Crippen LogP contribution in [0.2, 0.25) is 0 Å². The fraction of sp³-hybridized carbons (Fsp3) is 0.533. The molecule has 0 aromatic heterocycles. The molecule has 20 heavy (non-hydrogen) atoms. The first kappa shape index (κ1) is 14.8. The minimum absolute atomic E-state index is 0.0478. The molecule has 0 saturated carbocycles. The largest absolute Gasteiger partial charge is 0.384 e. The zero-order valence-electron chi connectivity index (χ0n) is 12.0. The van der Waals surface area contributed by atoms with Gasteiger partial charge >= 0.3 is 0 Å². The molecule has 2 N–H and O–H groups in total. The van der Waals surface area contributed by atoms with E-state index in [0.29, 0.717) is 19.6 Å². The van der Waals surface area contributed by atoms with Crippen LogP contribution in [-0.4, -0.2) is 45.9 Å². The first-order chi connectivity index (χ1) is 9.74. The molecule has 0 bridgehead atoms. The highest BCUT2D eigenvalue weighted by molar-refractivity contribution is 5.78. The van der Waals surface area contributed by atoms with Gasteiger partial charge in [-0.05, 0) is 11.6 Å². The highest BCUT2D eigenvalue weighted by Gasteiger charge is 2.24. The predicted molar refractivity (Wildman–Crippen MR) is 78.0 cm³/mol. The van der Waals surface area contributed by atoms with E-state index in [9.17, 15) is 4.79 Å². The molecule has 0 radical (unpaired) electrons. The van der Waals surface area contributed by atoms with Crippen molar-refractivity contribution >= 4 is 11.6 Å². The molecule has 1 amide bonds. The molecule has 2 unspecified atom stereocenters. The topological polar surface area (TPSA) is 59.6 Å². The number of hydrogen-bond donors (Lipinski definition) is 2. The molecule has 1 aliphatic rings. The molecule has 5 nitrogen and oxygen atoms in total. The van der Waals surface area contributed by atoms with E-state index >= 15 is 0 Å². The highest BCUT2D eigenvalue weighted by Crippen LogP contribution is 2.32. The Morgan fingerprint density at radius 1 is 1.45 bits per heavy atom. The fourth-order valence-corrected chi connectivity index (χ4v) is 2.46. The Morgan fingerprint density at radius 3 is 3.00 bits per heavy atom. The monoisotopic (exact) mass is 278 g/mol. The van der Waals surface area contributed by atoms with Gasteiger partial charge in [0.15, 0.2) is 0 Å². The van der Waals surface area contributed by atoms with Crippen LogP contribution >= 0.6 is 0 Å². The number of amides is 1. The van der Waals surface area contributed by atoms with Crippen LogP contribution in [0.5, 0.6) is 0 Å². The van der Waals surface area contributed by atoms with Gasteiger partial charge in [-0.3, -0.25) is 4.79 Å². The zero-order valence-corrected chi connectivity index (χ0v) is 12.0. The van der Waals surface area contributed by atoms with Crippen molar-refractivity contribution in [2.45, 2.75) is 18.4 Å². The lowest BCUT2D eigenvalue weighted by atomic mass is 9.97. The summed E-state index contributed by atoms with van der Waals surface area (Å²) < 4.78 is 10.2. The van der Waals surface area contributed by atoms with E-state index in [1.807, 2.05) is 18.2 Å². The average Bonchev–Trinajstić information content (AvgIpc) is 2.87. The second-order valence-corrected chi connectivity index (χ2v) is 4.99. The van der Waals surface area contributed by atoms with Crippen LogP contribution in [0, 0.1) is 0 Å². The molecule has 110 valence electrons. The van der Waals surface area contributed by atoms with Gasteiger partial charge in [-0.15, -0.1) is 0 Å². The number of rotatable bonds is 7. The molecule has 5 heteroatoms. The van der Waals surface area contributed by atoms with Gasteiger partial charge in [0.05, 0.1) is 12.7 Å². The summed E-state index contributed by atoms with van der Waals surface area (Å²) in [5.74, 6) is 0.293. The van der Waals surface area contributed by atoms with Gasteiger partial charge in [0, 0.05) is 45.3 Å². The third kappa shape index (κ3) is 3.71. The van der Waals surface area contributed by atoms with Gasteiger partial charge in [-0.25, -0.2) is 0 Å². The molecular formula is C15H22N2O3. The third-order valence-corrected chi connectivity index (χ3v) is 3.58. The quantitative estimate of drug-likeness (QED) is 0.791. The number of hydrogen-bond acceptors (Lipinski definition) is 4. The van der Waals surface area contributed by atoms with E-state index in [-0.39, 0.29) is 17.9 Å². The van der Waals surface area contributed by atoms with Gasteiger partial charge in [-0.1, -0.05) is 18.2 Å². The maximum atomic E-state index is 12.0. The van der Waals surface area contributed by atoms with Crippen molar-refractivity contribution in [1.82, 2.24) is 5.32 Å². The number of carbonyl (C=O) groups excluding carboxylic acids is 1. The number of nitrogens with one attached hydrogen (secondary N) is 2. The van der Waals surface area contributed by atoms with Gasteiger partial charge < -0.3 is 20.1 Å². The molecule has 0 fully saturated rings. The summed E-state index contributed by atoms with van der Waals surface area (Å²) in [6.07, 6.45) is 0.394. The van der Waals surface area contributed by atoms with E-state index in [4.69, 9.17) is 9.47 Å². The first-order valence-corrected chi connectivity index (χ1v) is 6.85. The molecule has 2 rings (SSSR count). The molecule has 2 atom stereocenters. The Bertz CT molecular complexity index is 450. The van der Waals surface area contributed by atoms with Crippen molar-refractivity contribution in [2.75, 3.05) is 39.2 Å². The Labute approximate surface area is 119 Å². The minimum atomic E-state index is -0.0991. The van der Waals surface area contributed by atoms with Crippen LogP contribution in [0.3, 0.4) is 0 Å². The van der Waals surface area contributed by atoms with Crippen LogP contribution < -0.4 is 10.6 Å². The van der Waals surface area contributed by atoms with Crippen molar-refractivity contribution in [3.63, 3.8) is 0 Å². The minimum Gasteiger partial charge on any atom is -0.384 e. The Hall–Kier alpha value is -1.59. The summed E-state index contributed by atoms with van der Waals surface area (Å²) in [6.45, 7) is 1.77. The molecule has 1 aromatic rings. The van der Waals surface area contributed by atoms with Gasteiger partial charge in [0.2, 0.25) is 5.91 Å². The van der Waals surface area contributed by atoms with Crippen molar-refractivity contribution in [1.29, 1.82) is 0 Å². The summed E-state index contributed by atoms with van der Waals surface area (Å²) in [5, 5.41) is 6.23. The van der Waals surface area contributed by atoms with Crippen LogP contribution in [0.15, 0.2) is 24.3 Å². The number of anilines is 1. The lowest BCUT2D eigenvalue weighted by Crippen LogP contribution is -2.36. The summed E-state index contributed by atoms with van der Waals surface area (Å²) in [7, 11) is 3.24. The van der Waals surface area contributed by atoms with Crippen LogP contribution in [-0.2, 0) is 14.3 Å². The number of carbonyl (C=O) groups is 1. The highest BCUT2D eigenvalue weighted by atomic mass is 16.5. The van der Waals surface area contributed by atoms with E-state index in [2.05, 4.69) is 16.7 Å². The van der Waals surface area contributed by atoms with Gasteiger partial charge in [0.25, 0.3) is 0 Å². The number of fused-ring (bicyclic) bond motifs is 1. The zero-order chi connectivity index (χ0) is 14.4. The number of methoxy groups -OCH3 is 2. The van der Waals surface area contributed by atoms with E-state index in [0.717, 1.165) is 12.2 Å². The second-order valence-electron chi connectivity index (χ2n) is 4.99. The Balaban J connectivity index is 1.81. The van der Waals surface area contributed by atoms with Crippen LogP contribution in [0.4, 0.5) is 5.69 Å². The maximum absolute atomic E-state index is 12.0. The van der Waals surface area contributed by atoms with Crippen molar-refractivity contribution in [3.05, 3.63) is 29.8 Å². The van der Waals surface area contributed by atoms with Crippen molar-refractivity contribution in [2.24, 2.45) is 0 Å². The van der Waals surface area contributed by atoms with Crippen molar-refractivity contribution < 1.29 is 14.3 Å². The molecule has 0 aliphatic carbocycles. The standard InChI is InChI=1S/C15H22N2O3/c1-19-10-12(20-2)9-17-15(18)7-11-8-16-14-6-4-3-5-13(11)14/h3-6,11-12,16H,7-10H2,1-2H3,(H,17,18). The van der Waals surface area contributed by atoms with E-state index in [1.54, 1.807) is 14.2 Å². The summed E-state index contributed by atoms with van der Waals surface area (Å²) in [5.41, 5.74) is 2.36. The lowest BCUT2D eigenvalue weighted by molar-refractivity contribution is -0.122. The molecule has 0 saturated heterocycles. The normalized spacial score (nSPS) is 18.2. The molecule has 1 heterocycles. The van der Waals surface area contributed by atoms with Crippen molar-refractivity contribution in [3.8, 4) is 0 Å². The molecular weight excluding hydrogens is 256 g/mol. The van der Waals surface area contributed by atoms with Crippen LogP contribution in [0.1, 0.15) is 17.9 Å². The number of para-hydroxylation sites is 1. The Morgan fingerprint density at radius 2 is 2.25 bits per heavy atom. The summed E-state index contributed by atoms with van der Waals surface area (Å²) in [4.78, 5) is 12.0. The fourth-order valence-electron chi connectivity index (χ4n) is 2.46. The predicted octanol–water partition coefficient (Wildman–Crippen LogP) is 1.36. The number of benzene rings is 1. The summed E-state index contributed by atoms with van der Waals surface area (Å²) in [6, 6.07) is 8.14. The average molecular weight is 278 g/mol. The smallest absolute Gasteiger partial charge is 0.220 e. The van der Waals surface area contributed by atoms with E-state index in [1.165, 1.54) is 5.56 Å².